The Morgan fingerprint density at radius 2 is 1.75 bits per heavy atom. The first-order valence-electron chi connectivity index (χ1n) is 9.16. The largest absolute Gasteiger partial charge is 0.345 e. The monoisotopic (exact) mass is 398 g/mol. The normalized spacial score (nSPS) is 15.9. The second-order valence-corrected chi connectivity index (χ2v) is 9.01. The zero-order valence-electron chi connectivity index (χ0n) is 15.8. The zero-order valence-corrected chi connectivity index (χ0v) is 16.7. The van der Waals surface area contributed by atoms with Crippen molar-refractivity contribution in [3.05, 3.63) is 59.4 Å². The maximum absolute atomic E-state index is 12.9. The molecular formula is C20H22N4O3S. The van der Waals surface area contributed by atoms with E-state index < -0.39 is 10.0 Å². The van der Waals surface area contributed by atoms with Crippen LogP contribution in [0.3, 0.4) is 0 Å². The molecule has 2 aromatic carbocycles. The number of carbonyl (C=O) groups is 1. The minimum Gasteiger partial charge on any atom is -0.345 e. The first-order chi connectivity index (χ1) is 13.4. The van der Waals surface area contributed by atoms with Gasteiger partial charge in [0.15, 0.2) is 0 Å². The molecule has 146 valence electrons. The number of piperazine rings is 1. The molecule has 0 radical (unpaired) electrons. The number of benzene rings is 2. The van der Waals surface area contributed by atoms with E-state index in [0.717, 1.165) is 22.2 Å². The Morgan fingerprint density at radius 1 is 1.00 bits per heavy atom. The van der Waals surface area contributed by atoms with E-state index in [4.69, 9.17) is 0 Å². The number of amides is 1. The van der Waals surface area contributed by atoms with Gasteiger partial charge in [0.05, 0.1) is 22.3 Å². The van der Waals surface area contributed by atoms with E-state index in [1.54, 1.807) is 41.6 Å². The fourth-order valence-corrected chi connectivity index (χ4v) is 4.91. The van der Waals surface area contributed by atoms with Crippen molar-refractivity contribution in [1.82, 2.24) is 19.2 Å². The van der Waals surface area contributed by atoms with Crippen molar-refractivity contribution in [2.24, 2.45) is 0 Å². The summed E-state index contributed by atoms with van der Waals surface area (Å²) in [6.07, 6.45) is 1.59. The number of fused-ring (bicyclic) bond motifs is 1. The van der Waals surface area contributed by atoms with Gasteiger partial charge in [0, 0.05) is 31.7 Å². The lowest BCUT2D eigenvalue weighted by Gasteiger charge is -2.34. The third-order valence-electron chi connectivity index (χ3n) is 5.31. The van der Waals surface area contributed by atoms with Crippen molar-refractivity contribution in [3.8, 4) is 0 Å². The number of H-pyrrole nitrogens is 1. The molecule has 1 fully saturated rings. The number of nitrogens with one attached hydrogen (secondary N) is 1. The summed E-state index contributed by atoms with van der Waals surface area (Å²) < 4.78 is 27.3. The highest BCUT2D eigenvalue weighted by molar-refractivity contribution is 7.89. The number of carbonyl (C=O) groups excluding carboxylic acids is 1. The van der Waals surface area contributed by atoms with Crippen molar-refractivity contribution in [2.45, 2.75) is 18.7 Å². The van der Waals surface area contributed by atoms with Gasteiger partial charge in [-0.2, -0.15) is 4.31 Å². The molecular weight excluding hydrogens is 376 g/mol. The van der Waals surface area contributed by atoms with Gasteiger partial charge >= 0.3 is 0 Å². The molecule has 0 atom stereocenters. The van der Waals surface area contributed by atoms with E-state index in [2.05, 4.69) is 9.97 Å². The van der Waals surface area contributed by atoms with Crippen LogP contribution in [0.4, 0.5) is 0 Å². The van der Waals surface area contributed by atoms with E-state index >= 15 is 0 Å². The molecule has 4 rings (SSSR count). The van der Waals surface area contributed by atoms with Crippen LogP contribution in [0.25, 0.3) is 11.0 Å². The molecule has 1 N–H and O–H groups in total. The van der Waals surface area contributed by atoms with Gasteiger partial charge in [0.2, 0.25) is 10.0 Å². The first kappa shape index (κ1) is 18.6. The lowest BCUT2D eigenvalue weighted by atomic mass is 10.1. The highest BCUT2D eigenvalue weighted by Crippen LogP contribution is 2.21. The van der Waals surface area contributed by atoms with E-state index in [1.807, 2.05) is 19.9 Å². The minimum absolute atomic E-state index is 0.0975. The number of rotatable bonds is 3. The smallest absolute Gasteiger partial charge is 0.254 e. The number of nitrogens with zero attached hydrogens (tertiary/aromatic N) is 3. The zero-order chi connectivity index (χ0) is 19.9. The van der Waals surface area contributed by atoms with E-state index in [-0.39, 0.29) is 19.0 Å². The average Bonchev–Trinajstić information content (AvgIpc) is 3.17. The fourth-order valence-electron chi connectivity index (χ4n) is 3.41. The summed E-state index contributed by atoms with van der Waals surface area (Å²) in [5.74, 6) is -0.0975. The van der Waals surface area contributed by atoms with Crippen molar-refractivity contribution >= 4 is 27.0 Å². The first-order valence-corrected chi connectivity index (χ1v) is 10.6. The van der Waals surface area contributed by atoms with Crippen LogP contribution in [-0.2, 0) is 10.0 Å². The van der Waals surface area contributed by atoms with Gasteiger partial charge in [-0.1, -0.05) is 6.07 Å². The molecule has 8 heteroatoms. The maximum Gasteiger partial charge on any atom is 0.254 e. The Bertz CT molecular complexity index is 1150. The number of aromatic amines is 1. The summed E-state index contributed by atoms with van der Waals surface area (Å²) in [7, 11) is -3.55. The summed E-state index contributed by atoms with van der Waals surface area (Å²) in [6.45, 7) is 5.16. The quantitative estimate of drug-likeness (QED) is 0.734. The molecule has 1 saturated heterocycles. The van der Waals surface area contributed by atoms with Crippen LogP contribution in [0.1, 0.15) is 21.5 Å². The summed E-state index contributed by atoms with van der Waals surface area (Å²) in [6, 6.07) is 10.5. The van der Waals surface area contributed by atoms with E-state index in [1.165, 1.54) is 4.31 Å². The van der Waals surface area contributed by atoms with Gasteiger partial charge in [-0.15, -0.1) is 0 Å². The SMILES string of the molecule is Cc1ccc(S(=O)(=O)N2CCN(C(=O)c3ccc4nc[nH]c4c3)CC2)cc1C. The molecule has 1 amide bonds. The topological polar surface area (TPSA) is 86.4 Å². The van der Waals surface area contributed by atoms with Gasteiger partial charge in [-0.3, -0.25) is 4.79 Å². The molecule has 3 aromatic rings. The van der Waals surface area contributed by atoms with Gasteiger partial charge < -0.3 is 9.88 Å². The standard InChI is InChI=1S/C20H22N4O3S/c1-14-3-5-17(11-15(14)2)28(26,27)24-9-7-23(8-10-24)20(25)16-4-6-18-19(12-16)22-13-21-18/h3-6,11-13H,7-10H2,1-2H3,(H,21,22). The molecule has 28 heavy (non-hydrogen) atoms. The Labute approximate surface area is 164 Å². The van der Waals surface area contributed by atoms with Gasteiger partial charge in [-0.25, -0.2) is 13.4 Å². The van der Waals surface area contributed by atoms with E-state index in [9.17, 15) is 13.2 Å². The fraction of sp³-hybridized carbons (Fsp3) is 0.300. The highest BCUT2D eigenvalue weighted by atomic mass is 32.2. The molecule has 2 heterocycles. The summed E-state index contributed by atoms with van der Waals surface area (Å²) in [4.78, 5) is 22.0. The van der Waals surface area contributed by atoms with Crippen LogP contribution in [0, 0.1) is 13.8 Å². The van der Waals surface area contributed by atoms with Crippen molar-refractivity contribution in [3.63, 3.8) is 0 Å². The Kier molecular flexibility index (Phi) is 4.68. The molecule has 1 aromatic heterocycles. The maximum atomic E-state index is 12.9. The van der Waals surface area contributed by atoms with Crippen molar-refractivity contribution in [1.29, 1.82) is 0 Å². The van der Waals surface area contributed by atoms with Gasteiger partial charge in [0.1, 0.15) is 0 Å². The summed E-state index contributed by atoms with van der Waals surface area (Å²) in [5.41, 5.74) is 4.19. The number of hydrogen-bond donors (Lipinski definition) is 1. The second kappa shape index (κ2) is 7.03. The van der Waals surface area contributed by atoms with Crippen molar-refractivity contribution in [2.75, 3.05) is 26.2 Å². The molecule has 0 aliphatic carbocycles. The molecule has 0 bridgehead atoms. The van der Waals surface area contributed by atoms with Crippen LogP contribution in [0.2, 0.25) is 0 Å². The van der Waals surface area contributed by atoms with E-state index in [0.29, 0.717) is 23.5 Å². The number of imidazole rings is 1. The second-order valence-electron chi connectivity index (χ2n) is 7.08. The Balaban J connectivity index is 1.47. The lowest BCUT2D eigenvalue weighted by Crippen LogP contribution is -2.50. The number of aromatic nitrogens is 2. The lowest BCUT2D eigenvalue weighted by molar-refractivity contribution is 0.0698. The molecule has 7 nitrogen and oxygen atoms in total. The van der Waals surface area contributed by atoms with Crippen LogP contribution >= 0.6 is 0 Å². The molecule has 0 spiro atoms. The van der Waals surface area contributed by atoms with Gasteiger partial charge in [-0.05, 0) is 55.3 Å². The predicted molar refractivity (Wildman–Crippen MR) is 107 cm³/mol. The van der Waals surface area contributed by atoms with Crippen LogP contribution in [-0.4, -0.2) is 59.7 Å². The number of hydrogen-bond acceptors (Lipinski definition) is 4. The summed E-state index contributed by atoms with van der Waals surface area (Å²) in [5, 5.41) is 0. The number of aryl methyl sites for hydroxylation is 2. The molecule has 0 unspecified atom stereocenters. The average molecular weight is 398 g/mol. The van der Waals surface area contributed by atoms with Crippen molar-refractivity contribution < 1.29 is 13.2 Å². The third-order valence-corrected chi connectivity index (χ3v) is 7.20. The molecule has 1 aliphatic rings. The van der Waals surface area contributed by atoms with Gasteiger partial charge in [0.25, 0.3) is 5.91 Å². The van der Waals surface area contributed by atoms with Crippen LogP contribution < -0.4 is 0 Å². The summed E-state index contributed by atoms with van der Waals surface area (Å²) >= 11 is 0. The van der Waals surface area contributed by atoms with Crippen LogP contribution in [0.15, 0.2) is 47.6 Å². The molecule has 0 saturated carbocycles. The third kappa shape index (κ3) is 3.29. The number of sulfonamides is 1. The predicted octanol–water partition coefficient (Wildman–Crippen LogP) is 2.33. The Hall–Kier alpha value is -2.71. The molecule has 1 aliphatic heterocycles. The minimum atomic E-state index is -3.55. The van der Waals surface area contributed by atoms with Crippen LogP contribution in [0.5, 0.6) is 0 Å². The Morgan fingerprint density at radius 3 is 2.46 bits per heavy atom. The highest BCUT2D eigenvalue weighted by Gasteiger charge is 2.30.